The first-order chi connectivity index (χ1) is 13.1. The Bertz CT molecular complexity index is 984. The molecule has 3 aromatic rings. The second kappa shape index (κ2) is 7.95. The number of aromatic nitrogens is 1. The van der Waals surface area contributed by atoms with Crippen molar-refractivity contribution in [2.75, 3.05) is 20.8 Å². The summed E-state index contributed by atoms with van der Waals surface area (Å²) in [5.74, 6) is 0.275. The Hall–Kier alpha value is -3.28. The van der Waals surface area contributed by atoms with Gasteiger partial charge >= 0.3 is 0 Å². The molecule has 140 valence electrons. The lowest BCUT2D eigenvalue weighted by Gasteiger charge is -2.17. The van der Waals surface area contributed by atoms with E-state index in [1.54, 1.807) is 37.4 Å². The summed E-state index contributed by atoms with van der Waals surface area (Å²) in [7, 11) is 3.07. The van der Waals surface area contributed by atoms with Crippen LogP contribution in [0.2, 0.25) is 0 Å². The van der Waals surface area contributed by atoms with Crippen molar-refractivity contribution < 1.29 is 24.1 Å². The Morgan fingerprint density at radius 3 is 2.44 bits per heavy atom. The second-order valence-corrected chi connectivity index (χ2v) is 5.88. The van der Waals surface area contributed by atoms with Gasteiger partial charge in [-0.05, 0) is 30.7 Å². The number of hydrogen-bond donors (Lipinski definition) is 0. The highest BCUT2D eigenvalue weighted by atomic mass is 16.5. The van der Waals surface area contributed by atoms with Crippen molar-refractivity contribution in [2.45, 2.75) is 13.3 Å². The molecule has 0 aliphatic rings. The molecular formula is C21H20NO5-. The minimum Gasteiger partial charge on any atom is -0.545 e. The van der Waals surface area contributed by atoms with Crippen molar-refractivity contribution in [3.05, 3.63) is 48.0 Å². The van der Waals surface area contributed by atoms with Crippen LogP contribution >= 0.6 is 0 Å². The zero-order chi connectivity index (χ0) is 19.4. The molecule has 0 saturated carbocycles. The number of ether oxygens (including phenoxy) is 3. The Balaban J connectivity index is 2.30. The number of carboxylic acids is 1. The van der Waals surface area contributed by atoms with E-state index in [4.69, 9.17) is 14.2 Å². The van der Waals surface area contributed by atoms with Gasteiger partial charge in [-0.2, -0.15) is 0 Å². The van der Waals surface area contributed by atoms with Gasteiger partial charge in [-0.1, -0.05) is 25.1 Å². The normalized spacial score (nSPS) is 10.6. The molecule has 0 atom stereocenters. The van der Waals surface area contributed by atoms with Crippen LogP contribution in [0.15, 0.2) is 42.5 Å². The Labute approximate surface area is 157 Å². The van der Waals surface area contributed by atoms with E-state index in [9.17, 15) is 9.90 Å². The van der Waals surface area contributed by atoms with Gasteiger partial charge in [0.05, 0.1) is 32.5 Å². The smallest absolute Gasteiger partial charge is 0.170 e. The average Bonchev–Trinajstić information content (AvgIpc) is 2.70. The van der Waals surface area contributed by atoms with E-state index in [1.165, 1.54) is 13.2 Å². The quantitative estimate of drug-likeness (QED) is 0.639. The lowest BCUT2D eigenvalue weighted by atomic mass is 10.0. The third-order valence-corrected chi connectivity index (χ3v) is 4.17. The molecule has 0 saturated heterocycles. The molecule has 0 spiro atoms. The van der Waals surface area contributed by atoms with Gasteiger partial charge in [0, 0.05) is 16.5 Å². The number of fused-ring (bicyclic) bond motifs is 1. The molecule has 0 radical (unpaired) electrons. The van der Waals surface area contributed by atoms with Gasteiger partial charge in [0.15, 0.2) is 11.5 Å². The van der Waals surface area contributed by atoms with Crippen LogP contribution in [-0.4, -0.2) is 31.8 Å². The van der Waals surface area contributed by atoms with E-state index in [-0.39, 0.29) is 5.56 Å². The van der Waals surface area contributed by atoms with Gasteiger partial charge in [-0.3, -0.25) is 0 Å². The fraction of sp³-hybridized carbons (Fsp3) is 0.238. The standard InChI is InChI=1S/C21H21NO5/c1-4-11-27-20-14(8-6-10-18(20)26-3)16-12-15(21(23)24)13-7-5-9-17(25-2)19(13)22-16/h5-10,12H,4,11H2,1-3H3,(H,23,24)/p-1. The van der Waals surface area contributed by atoms with Crippen LogP contribution in [0.25, 0.3) is 22.2 Å². The molecule has 6 heteroatoms. The molecule has 0 N–H and O–H groups in total. The van der Waals surface area contributed by atoms with Crippen LogP contribution in [0, 0.1) is 0 Å². The highest BCUT2D eigenvalue weighted by molar-refractivity contribution is 6.04. The monoisotopic (exact) mass is 366 g/mol. The molecule has 0 aliphatic heterocycles. The summed E-state index contributed by atoms with van der Waals surface area (Å²) in [5.41, 5.74) is 1.56. The first-order valence-corrected chi connectivity index (χ1v) is 8.60. The van der Waals surface area contributed by atoms with Crippen LogP contribution in [0.5, 0.6) is 17.2 Å². The number of carboxylic acid groups (broad SMARTS) is 1. The minimum atomic E-state index is -1.28. The molecule has 2 aromatic carbocycles. The summed E-state index contributed by atoms with van der Waals surface area (Å²) in [5, 5.41) is 12.2. The number of rotatable bonds is 7. The number of para-hydroxylation sites is 2. The van der Waals surface area contributed by atoms with Crippen molar-refractivity contribution in [2.24, 2.45) is 0 Å². The van der Waals surface area contributed by atoms with Gasteiger partial charge in [0.1, 0.15) is 11.3 Å². The van der Waals surface area contributed by atoms with E-state index >= 15 is 0 Å². The molecule has 27 heavy (non-hydrogen) atoms. The number of benzene rings is 2. The zero-order valence-corrected chi connectivity index (χ0v) is 15.4. The second-order valence-electron chi connectivity index (χ2n) is 5.88. The number of aromatic carboxylic acids is 1. The summed E-state index contributed by atoms with van der Waals surface area (Å²) in [6.07, 6.45) is 0.820. The molecule has 1 heterocycles. The lowest BCUT2D eigenvalue weighted by molar-refractivity contribution is -0.254. The van der Waals surface area contributed by atoms with E-state index in [2.05, 4.69) is 4.98 Å². The fourth-order valence-corrected chi connectivity index (χ4v) is 2.93. The van der Waals surface area contributed by atoms with E-state index < -0.39 is 5.97 Å². The Morgan fingerprint density at radius 1 is 1.07 bits per heavy atom. The SMILES string of the molecule is CCCOc1c(OC)cccc1-c1cc(C(=O)[O-])c2cccc(OC)c2n1. The first kappa shape index (κ1) is 18.5. The molecule has 0 fully saturated rings. The highest BCUT2D eigenvalue weighted by Gasteiger charge is 2.17. The van der Waals surface area contributed by atoms with E-state index in [0.717, 1.165) is 6.42 Å². The first-order valence-electron chi connectivity index (χ1n) is 8.60. The van der Waals surface area contributed by atoms with Gasteiger partial charge < -0.3 is 24.1 Å². The third kappa shape index (κ3) is 3.51. The zero-order valence-electron chi connectivity index (χ0n) is 15.4. The van der Waals surface area contributed by atoms with Crippen LogP contribution in [0.4, 0.5) is 0 Å². The molecule has 3 rings (SSSR count). The number of hydrogen-bond acceptors (Lipinski definition) is 6. The number of nitrogens with zero attached hydrogens (tertiary/aromatic N) is 1. The Morgan fingerprint density at radius 2 is 1.78 bits per heavy atom. The topological polar surface area (TPSA) is 80.7 Å². The summed E-state index contributed by atoms with van der Waals surface area (Å²) < 4.78 is 16.6. The van der Waals surface area contributed by atoms with Crippen LogP contribution in [-0.2, 0) is 0 Å². The third-order valence-electron chi connectivity index (χ3n) is 4.17. The molecular weight excluding hydrogens is 346 g/mol. The molecule has 0 unspecified atom stereocenters. The van der Waals surface area contributed by atoms with Gasteiger partial charge in [-0.15, -0.1) is 0 Å². The summed E-state index contributed by atoms with van der Waals surface area (Å²) >= 11 is 0. The maximum Gasteiger partial charge on any atom is 0.170 e. The van der Waals surface area contributed by atoms with Crippen LogP contribution in [0.1, 0.15) is 23.7 Å². The predicted octanol–water partition coefficient (Wildman–Crippen LogP) is 3.07. The minimum absolute atomic E-state index is 0.0400. The lowest BCUT2D eigenvalue weighted by Crippen LogP contribution is -2.22. The molecule has 6 nitrogen and oxygen atoms in total. The fourth-order valence-electron chi connectivity index (χ4n) is 2.93. The largest absolute Gasteiger partial charge is 0.545 e. The number of methoxy groups -OCH3 is 2. The Kier molecular flexibility index (Phi) is 5.45. The molecule has 1 aromatic heterocycles. The average molecular weight is 366 g/mol. The van der Waals surface area contributed by atoms with Crippen LogP contribution in [0.3, 0.4) is 0 Å². The van der Waals surface area contributed by atoms with Gasteiger partial charge in [0.2, 0.25) is 0 Å². The van der Waals surface area contributed by atoms with Crippen molar-refractivity contribution in [3.63, 3.8) is 0 Å². The van der Waals surface area contributed by atoms with Crippen molar-refractivity contribution in [1.29, 1.82) is 0 Å². The maximum atomic E-state index is 11.7. The number of pyridine rings is 1. The van der Waals surface area contributed by atoms with E-state index in [1.807, 2.05) is 13.0 Å². The number of carbonyl (C=O) groups is 1. The summed E-state index contributed by atoms with van der Waals surface area (Å²) in [6.45, 7) is 2.50. The maximum absolute atomic E-state index is 11.7. The highest BCUT2D eigenvalue weighted by Crippen LogP contribution is 2.39. The molecule has 0 aliphatic carbocycles. The van der Waals surface area contributed by atoms with Crippen molar-refractivity contribution in [1.82, 2.24) is 4.98 Å². The van der Waals surface area contributed by atoms with Crippen LogP contribution < -0.4 is 19.3 Å². The number of carbonyl (C=O) groups excluding carboxylic acids is 1. The predicted molar refractivity (Wildman–Crippen MR) is 100 cm³/mol. The summed E-state index contributed by atoms with van der Waals surface area (Å²) in [6, 6.07) is 12.0. The molecule has 0 amide bonds. The van der Waals surface area contributed by atoms with Gasteiger partial charge in [-0.25, -0.2) is 4.98 Å². The van der Waals surface area contributed by atoms with Gasteiger partial charge in [0.25, 0.3) is 0 Å². The summed E-state index contributed by atoms with van der Waals surface area (Å²) in [4.78, 5) is 16.4. The molecule has 0 bridgehead atoms. The van der Waals surface area contributed by atoms with E-state index in [0.29, 0.717) is 46.0 Å². The van der Waals surface area contributed by atoms with Crippen molar-refractivity contribution >= 4 is 16.9 Å². The van der Waals surface area contributed by atoms with Crippen molar-refractivity contribution in [3.8, 4) is 28.5 Å².